The molecule has 0 aliphatic carbocycles. The van der Waals surface area contributed by atoms with Crippen LogP contribution in [0, 0.1) is 0 Å². The standard InChI is InChI=1S/C72H141N2O6P/c1-6-8-10-12-14-16-18-20-22-24-26-28-30-32-34-36-37-38-40-42-44-46-48-50-52-54-56-58-60-62-64-66-72(76)73-70(69-80-81(77,78)79-68-67-74(3,4)5)71(75)65-63-61-59-57-55-53-51-49-47-45-43-41-39-35-33-31-29-27-25-23-21-19-17-15-13-11-9-7-2/h24,26,55,57,63,65,70-71,75H,6-23,25,27-54,56,58-62,64,66-69H2,1-5H3,(H-,73,76,77,78)/b26-24-,57-55+,65-63+. The molecule has 2 N–H and O–H groups in total. The van der Waals surface area contributed by atoms with Gasteiger partial charge in [0.1, 0.15) is 13.2 Å². The first kappa shape index (κ1) is 79.7. The van der Waals surface area contributed by atoms with Crippen molar-refractivity contribution in [1.82, 2.24) is 5.32 Å². The van der Waals surface area contributed by atoms with Gasteiger partial charge >= 0.3 is 0 Å². The van der Waals surface area contributed by atoms with Crippen molar-refractivity contribution < 1.29 is 32.9 Å². The first-order valence-corrected chi connectivity index (χ1v) is 37.3. The number of carbonyl (C=O) groups is 1. The summed E-state index contributed by atoms with van der Waals surface area (Å²) in [5.74, 6) is -0.200. The van der Waals surface area contributed by atoms with Gasteiger partial charge in [-0.15, -0.1) is 0 Å². The molecule has 8 nitrogen and oxygen atoms in total. The van der Waals surface area contributed by atoms with Crippen LogP contribution in [0.4, 0.5) is 0 Å². The van der Waals surface area contributed by atoms with Gasteiger partial charge in [-0.25, -0.2) is 0 Å². The Hall–Kier alpha value is -1.28. The molecule has 9 heteroatoms. The highest BCUT2D eigenvalue weighted by Gasteiger charge is 2.23. The van der Waals surface area contributed by atoms with Gasteiger partial charge in [-0.1, -0.05) is 339 Å². The Bertz CT molecular complexity index is 1410. The van der Waals surface area contributed by atoms with E-state index in [1.807, 2.05) is 27.2 Å². The van der Waals surface area contributed by atoms with Crippen LogP contribution in [0.5, 0.6) is 0 Å². The van der Waals surface area contributed by atoms with Gasteiger partial charge in [0.2, 0.25) is 5.91 Å². The number of allylic oxidation sites excluding steroid dienone is 5. The van der Waals surface area contributed by atoms with Gasteiger partial charge in [0.05, 0.1) is 39.9 Å². The number of aliphatic hydroxyl groups excluding tert-OH is 1. The van der Waals surface area contributed by atoms with Gasteiger partial charge in [-0.05, 0) is 57.8 Å². The molecule has 0 fully saturated rings. The quantitative estimate of drug-likeness (QED) is 0.0272. The summed E-state index contributed by atoms with van der Waals surface area (Å²) in [6, 6.07) is -0.903. The van der Waals surface area contributed by atoms with Crippen LogP contribution in [0.25, 0.3) is 0 Å². The first-order chi connectivity index (χ1) is 39.5. The van der Waals surface area contributed by atoms with E-state index in [4.69, 9.17) is 9.05 Å². The Morgan fingerprint density at radius 1 is 0.420 bits per heavy atom. The smallest absolute Gasteiger partial charge is 0.268 e. The van der Waals surface area contributed by atoms with Crippen molar-refractivity contribution in [2.75, 3.05) is 40.9 Å². The minimum Gasteiger partial charge on any atom is -0.756 e. The van der Waals surface area contributed by atoms with E-state index >= 15 is 0 Å². The highest BCUT2D eigenvalue weighted by molar-refractivity contribution is 7.45. The number of amides is 1. The molecule has 81 heavy (non-hydrogen) atoms. The molecule has 0 radical (unpaired) electrons. The SMILES string of the molecule is CCCCCCCCCC/C=C\CCCCCCCCCCCCCCCCCCCCCC(=O)NC(COP(=O)([O-])OCC[N+](C)(C)C)C(O)/C=C/CC/C=C/CCCCCCCCCCCCCCCCCCCCCCCC. The average Bonchev–Trinajstić information content (AvgIpc) is 3.43. The fourth-order valence-corrected chi connectivity index (χ4v) is 11.7. The Morgan fingerprint density at radius 2 is 0.691 bits per heavy atom. The number of aliphatic hydroxyl groups is 1. The van der Waals surface area contributed by atoms with Crippen LogP contribution in [0.1, 0.15) is 367 Å². The molecule has 0 aliphatic rings. The van der Waals surface area contributed by atoms with Crippen LogP contribution < -0.4 is 10.2 Å². The number of nitrogens with zero attached hydrogens (tertiary/aromatic N) is 1. The van der Waals surface area contributed by atoms with Gasteiger partial charge in [-0.2, -0.15) is 0 Å². The number of hydrogen-bond donors (Lipinski definition) is 2. The predicted molar refractivity (Wildman–Crippen MR) is 353 cm³/mol. The van der Waals surface area contributed by atoms with Crippen molar-refractivity contribution in [3.63, 3.8) is 0 Å². The van der Waals surface area contributed by atoms with Gasteiger partial charge in [0, 0.05) is 6.42 Å². The molecule has 0 aromatic rings. The van der Waals surface area contributed by atoms with Gasteiger partial charge in [0.25, 0.3) is 7.82 Å². The normalized spacial score (nSPS) is 13.8. The van der Waals surface area contributed by atoms with Crippen LogP contribution in [0.2, 0.25) is 0 Å². The third kappa shape index (κ3) is 66.1. The van der Waals surface area contributed by atoms with Crippen molar-refractivity contribution in [2.45, 2.75) is 379 Å². The van der Waals surface area contributed by atoms with Crippen LogP contribution in [-0.4, -0.2) is 68.5 Å². The number of carbonyl (C=O) groups excluding carboxylic acids is 1. The zero-order valence-electron chi connectivity index (χ0n) is 55.0. The third-order valence-corrected chi connectivity index (χ3v) is 17.5. The second kappa shape index (κ2) is 63.2. The molecular weight excluding hydrogens is 1020 g/mol. The van der Waals surface area contributed by atoms with E-state index in [1.54, 1.807) is 6.08 Å². The number of nitrogens with one attached hydrogen (secondary N) is 1. The lowest BCUT2D eigenvalue weighted by molar-refractivity contribution is -0.870. The van der Waals surface area contributed by atoms with E-state index in [1.165, 1.54) is 308 Å². The van der Waals surface area contributed by atoms with Gasteiger partial charge in [-0.3, -0.25) is 9.36 Å². The molecule has 0 bridgehead atoms. The highest BCUT2D eigenvalue weighted by Crippen LogP contribution is 2.38. The number of rotatable bonds is 67. The summed E-state index contributed by atoms with van der Waals surface area (Å²) in [4.78, 5) is 25.6. The zero-order chi connectivity index (χ0) is 59.1. The van der Waals surface area contributed by atoms with Gasteiger partial charge in [0.15, 0.2) is 0 Å². The zero-order valence-corrected chi connectivity index (χ0v) is 55.9. The largest absolute Gasteiger partial charge is 0.756 e. The van der Waals surface area contributed by atoms with Crippen molar-refractivity contribution in [1.29, 1.82) is 0 Å². The fraction of sp³-hybridized carbons (Fsp3) is 0.903. The van der Waals surface area contributed by atoms with Crippen LogP contribution >= 0.6 is 7.82 Å². The second-order valence-electron chi connectivity index (χ2n) is 25.9. The number of quaternary nitrogens is 1. The summed E-state index contributed by atoms with van der Waals surface area (Å²) < 4.78 is 23.5. The van der Waals surface area contributed by atoms with Crippen LogP contribution in [0.3, 0.4) is 0 Å². The molecule has 0 aliphatic heterocycles. The number of phosphoric acid groups is 1. The monoisotopic (exact) mass is 1160 g/mol. The molecule has 1 amide bonds. The molecule has 0 saturated heterocycles. The molecule has 3 unspecified atom stereocenters. The molecule has 0 aromatic carbocycles. The molecule has 0 heterocycles. The lowest BCUT2D eigenvalue weighted by atomic mass is 10.0. The number of likely N-dealkylation sites (N-methyl/N-ethyl adjacent to an activating group) is 1. The summed E-state index contributed by atoms with van der Waals surface area (Å²) in [5.41, 5.74) is 0. The lowest BCUT2D eigenvalue weighted by Crippen LogP contribution is -2.45. The fourth-order valence-electron chi connectivity index (χ4n) is 11.0. The molecular formula is C72H141N2O6P. The average molecular weight is 1160 g/mol. The van der Waals surface area contributed by atoms with Gasteiger partial charge < -0.3 is 28.8 Å². The summed E-state index contributed by atoms with van der Waals surface area (Å²) in [5, 5.41) is 14.0. The Morgan fingerprint density at radius 3 is 1.00 bits per heavy atom. The lowest BCUT2D eigenvalue weighted by Gasteiger charge is -2.29. The van der Waals surface area contributed by atoms with Crippen molar-refractivity contribution >= 4 is 13.7 Å². The Kier molecular flexibility index (Phi) is 62.2. The summed E-state index contributed by atoms with van der Waals surface area (Å²) in [6.07, 6.45) is 84.3. The summed E-state index contributed by atoms with van der Waals surface area (Å²) in [6.45, 7) is 4.69. The second-order valence-corrected chi connectivity index (χ2v) is 27.3. The maximum atomic E-state index is 13.0. The maximum Gasteiger partial charge on any atom is 0.268 e. The van der Waals surface area contributed by atoms with E-state index in [-0.39, 0.29) is 19.1 Å². The highest BCUT2D eigenvalue weighted by atomic mass is 31.2. The molecule has 0 spiro atoms. The minimum absolute atomic E-state index is 0.00444. The van der Waals surface area contributed by atoms with Crippen molar-refractivity contribution in [2.24, 2.45) is 0 Å². The van der Waals surface area contributed by atoms with E-state index < -0.39 is 20.0 Å². The summed E-state index contributed by atoms with van der Waals surface area (Å²) >= 11 is 0. The van der Waals surface area contributed by atoms with E-state index in [0.29, 0.717) is 17.4 Å². The molecule has 480 valence electrons. The minimum atomic E-state index is -4.61. The van der Waals surface area contributed by atoms with E-state index in [0.717, 1.165) is 38.5 Å². The topological polar surface area (TPSA) is 108 Å². The van der Waals surface area contributed by atoms with E-state index in [9.17, 15) is 19.4 Å². The summed E-state index contributed by atoms with van der Waals surface area (Å²) in [7, 11) is 1.26. The van der Waals surface area contributed by atoms with Crippen molar-refractivity contribution in [3.8, 4) is 0 Å². The number of unbranched alkanes of at least 4 members (excludes halogenated alkanes) is 50. The molecule has 3 atom stereocenters. The first-order valence-electron chi connectivity index (χ1n) is 35.9. The Labute approximate surface area is 506 Å². The number of hydrogen-bond acceptors (Lipinski definition) is 6. The third-order valence-electron chi connectivity index (χ3n) is 16.6. The number of phosphoric ester groups is 1. The molecule has 0 rings (SSSR count). The van der Waals surface area contributed by atoms with Crippen LogP contribution in [0.15, 0.2) is 36.5 Å². The predicted octanol–water partition coefficient (Wildman–Crippen LogP) is 22.2. The van der Waals surface area contributed by atoms with Crippen LogP contribution in [-0.2, 0) is 18.4 Å². The maximum absolute atomic E-state index is 13.0. The molecule has 0 aromatic heterocycles. The Balaban J connectivity index is 4.06. The van der Waals surface area contributed by atoms with E-state index in [2.05, 4.69) is 43.5 Å². The molecule has 0 saturated carbocycles. The van der Waals surface area contributed by atoms with Crippen molar-refractivity contribution in [3.05, 3.63) is 36.5 Å².